The lowest BCUT2D eigenvalue weighted by molar-refractivity contribution is 0.669. The molecule has 15 aromatic rings. The van der Waals surface area contributed by atoms with E-state index in [-0.39, 0.29) is 0 Å². The molecule has 0 aliphatic rings. The second-order valence-electron chi connectivity index (χ2n) is 19.1. The highest BCUT2D eigenvalue weighted by atomic mass is 16.3. The van der Waals surface area contributed by atoms with Gasteiger partial charge in [-0.15, -0.1) is 0 Å². The average Bonchev–Trinajstić information content (AvgIpc) is 4.02. The zero-order chi connectivity index (χ0) is 48.7. The predicted octanol–water partition coefficient (Wildman–Crippen LogP) is 18.3. The molecule has 0 saturated heterocycles. The van der Waals surface area contributed by atoms with Gasteiger partial charge < -0.3 is 8.98 Å². The number of furan rings is 1. The van der Waals surface area contributed by atoms with Crippen LogP contribution in [0.15, 0.2) is 259 Å². The minimum atomic E-state index is 0.556. The van der Waals surface area contributed by atoms with Gasteiger partial charge in [-0.05, 0) is 115 Å². The van der Waals surface area contributed by atoms with E-state index in [1.165, 1.54) is 37.9 Å². The first-order chi connectivity index (χ1) is 36.7. The van der Waals surface area contributed by atoms with Crippen LogP contribution in [-0.4, -0.2) is 19.5 Å². The summed E-state index contributed by atoms with van der Waals surface area (Å²) < 4.78 is 8.95. The van der Waals surface area contributed by atoms with Crippen LogP contribution in [-0.2, 0) is 0 Å². The topological polar surface area (TPSA) is 56.7 Å². The summed E-state index contributed by atoms with van der Waals surface area (Å²) in [5.74, 6) is 1.71. The van der Waals surface area contributed by atoms with Crippen molar-refractivity contribution in [1.29, 1.82) is 0 Å². The van der Waals surface area contributed by atoms with Crippen molar-refractivity contribution < 1.29 is 4.42 Å². The van der Waals surface area contributed by atoms with Crippen LogP contribution in [0.5, 0.6) is 0 Å². The molecule has 0 saturated carbocycles. The maximum absolute atomic E-state index is 6.45. The molecule has 0 aliphatic heterocycles. The zero-order valence-electron chi connectivity index (χ0n) is 39.9. The van der Waals surface area contributed by atoms with Gasteiger partial charge in [-0.3, -0.25) is 0 Å². The standard InChI is InChI=1S/C69H42N4O/c1-4-17-43(18-5-1)47-26-16-27-48(37-47)51-31-34-54-58(38-51)66(69-71-67(46-22-8-3-9-23-46)70-68(72-69)52-32-35-56-55-29-14-15-30-63(55)74-64(56)41-52)57(44-19-6-2-7-20-44)42-62(54)73-60-36-33-45-21-12-13-28-53(45)65(60)59-39-49-24-10-11-25-50(49)40-61(59)73/h1-42H. The predicted molar refractivity (Wildman–Crippen MR) is 307 cm³/mol. The average molecular weight is 943 g/mol. The molecule has 0 amide bonds. The molecule has 3 aromatic heterocycles. The normalized spacial score (nSPS) is 11.8. The van der Waals surface area contributed by atoms with Gasteiger partial charge in [-0.1, -0.05) is 200 Å². The number of para-hydroxylation sites is 1. The number of nitrogens with zero attached hydrogens (tertiary/aromatic N) is 4. The number of fused-ring (bicyclic) bond motifs is 10. The van der Waals surface area contributed by atoms with Gasteiger partial charge in [0, 0.05) is 43.6 Å². The van der Waals surface area contributed by atoms with Crippen LogP contribution in [0.3, 0.4) is 0 Å². The summed E-state index contributed by atoms with van der Waals surface area (Å²) in [5.41, 5.74) is 14.2. The van der Waals surface area contributed by atoms with E-state index in [0.717, 1.165) is 93.9 Å². The van der Waals surface area contributed by atoms with Gasteiger partial charge >= 0.3 is 0 Å². The van der Waals surface area contributed by atoms with Gasteiger partial charge in [-0.25, -0.2) is 15.0 Å². The Balaban J connectivity index is 1.07. The molecule has 0 unspecified atom stereocenters. The van der Waals surface area contributed by atoms with Crippen molar-refractivity contribution in [1.82, 2.24) is 19.5 Å². The molecule has 12 aromatic carbocycles. The largest absolute Gasteiger partial charge is 0.456 e. The maximum atomic E-state index is 6.45. The summed E-state index contributed by atoms with van der Waals surface area (Å²) in [5, 5.41) is 11.5. The third-order valence-electron chi connectivity index (χ3n) is 14.8. The second kappa shape index (κ2) is 16.8. The molecule has 344 valence electrons. The molecule has 0 radical (unpaired) electrons. The summed E-state index contributed by atoms with van der Waals surface area (Å²) in [6.07, 6.45) is 0. The van der Waals surface area contributed by atoms with E-state index < -0.39 is 0 Å². The first-order valence-corrected chi connectivity index (χ1v) is 25.1. The van der Waals surface area contributed by atoms with E-state index in [4.69, 9.17) is 19.4 Å². The first kappa shape index (κ1) is 41.8. The molecule has 3 heterocycles. The van der Waals surface area contributed by atoms with Crippen LogP contribution in [0.1, 0.15) is 0 Å². The zero-order valence-corrected chi connectivity index (χ0v) is 39.9. The number of hydrogen-bond donors (Lipinski definition) is 0. The molecule has 0 aliphatic carbocycles. The molecule has 0 atom stereocenters. The van der Waals surface area contributed by atoms with E-state index in [2.05, 4.69) is 223 Å². The second-order valence-corrected chi connectivity index (χ2v) is 19.1. The molecule has 5 heteroatoms. The molecule has 0 bridgehead atoms. The van der Waals surface area contributed by atoms with Gasteiger partial charge in [0.1, 0.15) is 11.2 Å². The Labute approximate surface area is 425 Å². The van der Waals surface area contributed by atoms with Gasteiger partial charge in [-0.2, -0.15) is 0 Å². The Morgan fingerprint density at radius 1 is 0.284 bits per heavy atom. The molecule has 74 heavy (non-hydrogen) atoms. The van der Waals surface area contributed by atoms with E-state index in [9.17, 15) is 0 Å². The van der Waals surface area contributed by atoms with Crippen molar-refractivity contribution in [3.8, 4) is 73.2 Å². The SMILES string of the molecule is c1ccc(-c2cccc(-c3ccc4c(-n5c6cc7ccccc7cc6c6c7ccccc7ccc65)cc(-c5ccccc5)c(-c5nc(-c6ccccc6)nc(-c6ccc7c(c6)oc6ccccc67)n5)c4c3)c2)cc1. The minimum absolute atomic E-state index is 0.556. The smallest absolute Gasteiger partial charge is 0.165 e. The van der Waals surface area contributed by atoms with Crippen molar-refractivity contribution in [2.45, 2.75) is 0 Å². The van der Waals surface area contributed by atoms with Crippen molar-refractivity contribution in [2.24, 2.45) is 0 Å². The van der Waals surface area contributed by atoms with E-state index in [1.807, 2.05) is 36.4 Å². The Hall–Kier alpha value is -9.97. The summed E-state index contributed by atoms with van der Waals surface area (Å²) >= 11 is 0. The van der Waals surface area contributed by atoms with Crippen LogP contribution in [0.4, 0.5) is 0 Å². The number of hydrogen-bond acceptors (Lipinski definition) is 4. The van der Waals surface area contributed by atoms with Crippen molar-refractivity contribution in [3.63, 3.8) is 0 Å². The summed E-state index contributed by atoms with van der Waals surface area (Å²) in [6, 6.07) is 90.9. The van der Waals surface area contributed by atoms with E-state index in [0.29, 0.717) is 17.5 Å². The van der Waals surface area contributed by atoms with Crippen LogP contribution >= 0.6 is 0 Å². The van der Waals surface area contributed by atoms with Crippen LogP contribution in [0.25, 0.3) is 149 Å². The maximum Gasteiger partial charge on any atom is 0.165 e. The summed E-state index contributed by atoms with van der Waals surface area (Å²) in [4.78, 5) is 16.3. The van der Waals surface area contributed by atoms with E-state index in [1.54, 1.807) is 0 Å². The Morgan fingerprint density at radius 3 is 1.64 bits per heavy atom. The lowest BCUT2D eigenvalue weighted by Crippen LogP contribution is -2.04. The lowest BCUT2D eigenvalue weighted by Gasteiger charge is -2.20. The van der Waals surface area contributed by atoms with Crippen molar-refractivity contribution in [3.05, 3.63) is 255 Å². The molecular weight excluding hydrogens is 901 g/mol. The fraction of sp³-hybridized carbons (Fsp3) is 0. The molecule has 0 fully saturated rings. The highest BCUT2D eigenvalue weighted by molar-refractivity contribution is 6.24. The van der Waals surface area contributed by atoms with Crippen LogP contribution < -0.4 is 0 Å². The third kappa shape index (κ3) is 6.82. The van der Waals surface area contributed by atoms with Crippen molar-refractivity contribution in [2.75, 3.05) is 0 Å². The first-order valence-electron chi connectivity index (χ1n) is 25.1. The molecule has 0 N–H and O–H groups in total. The molecule has 0 spiro atoms. The van der Waals surface area contributed by atoms with Gasteiger partial charge in [0.15, 0.2) is 17.5 Å². The highest BCUT2D eigenvalue weighted by Gasteiger charge is 2.25. The fourth-order valence-electron chi connectivity index (χ4n) is 11.3. The highest BCUT2D eigenvalue weighted by Crippen LogP contribution is 2.46. The monoisotopic (exact) mass is 942 g/mol. The number of benzene rings is 12. The minimum Gasteiger partial charge on any atom is -0.456 e. The quantitative estimate of drug-likeness (QED) is 0.160. The van der Waals surface area contributed by atoms with Gasteiger partial charge in [0.05, 0.1) is 16.7 Å². The summed E-state index contributed by atoms with van der Waals surface area (Å²) in [7, 11) is 0. The molecule has 5 nitrogen and oxygen atoms in total. The molecular formula is C69H42N4O. The van der Waals surface area contributed by atoms with Gasteiger partial charge in [0.2, 0.25) is 0 Å². The van der Waals surface area contributed by atoms with Crippen LogP contribution in [0, 0.1) is 0 Å². The summed E-state index contributed by atoms with van der Waals surface area (Å²) in [6.45, 7) is 0. The fourth-order valence-corrected chi connectivity index (χ4v) is 11.3. The Morgan fingerprint density at radius 2 is 0.851 bits per heavy atom. The van der Waals surface area contributed by atoms with Gasteiger partial charge in [0.25, 0.3) is 0 Å². The Bertz CT molecular complexity index is 4710. The lowest BCUT2D eigenvalue weighted by atomic mass is 9.89. The molecule has 15 rings (SSSR count). The van der Waals surface area contributed by atoms with Crippen LogP contribution in [0.2, 0.25) is 0 Å². The van der Waals surface area contributed by atoms with Crippen molar-refractivity contribution >= 4 is 76.1 Å². The Kier molecular flexibility index (Phi) is 9.50. The number of rotatable bonds is 7. The number of aromatic nitrogens is 4. The van der Waals surface area contributed by atoms with E-state index >= 15 is 0 Å². The third-order valence-corrected chi connectivity index (χ3v) is 14.8.